The Morgan fingerprint density at radius 1 is 1.20 bits per heavy atom. The number of likely N-dealkylation sites (tertiary alicyclic amines) is 1. The Bertz CT molecular complexity index is 413. The molecule has 3 atom stereocenters. The molecule has 0 aromatic heterocycles. The average Bonchev–Trinajstić information content (AvgIpc) is 2.40. The molecule has 0 spiro atoms. The predicted molar refractivity (Wildman–Crippen MR) is 80.0 cm³/mol. The van der Waals surface area contributed by atoms with Crippen LogP contribution in [-0.2, 0) is 10.0 Å². The van der Waals surface area contributed by atoms with Crippen molar-refractivity contribution < 1.29 is 13.5 Å². The molecule has 2 rings (SSSR count). The van der Waals surface area contributed by atoms with Crippen molar-refractivity contribution in [1.29, 1.82) is 0 Å². The van der Waals surface area contributed by atoms with Crippen LogP contribution in [0.1, 0.15) is 32.6 Å². The Morgan fingerprint density at radius 2 is 1.95 bits per heavy atom. The molecule has 0 amide bonds. The first-order valence-electron chi connectivity index (χ1n) is 7.75. The molecule has 0 radical (unpaired) electrons. The quantitative estimate of drug-likeness (QED) is 0.832. The van der Waals surface area contributed by atoms with Crippen molar-refractivity contribution in [2.24, 2.45) is 11.8 Å². The Hall–Kier alpha value is -0.170. The lowest BCUT2D eigenvalue weighted by Crippen LogP contribution is -2.48. The van der Waals surface area contributed by atoms with Crippen molar-refractivity contribution in [3.63, 3.8) is 0 Å². The summed E-state index contributed by atoms with van der Waals surface area (Å²) in [4.78, 5) is 2.41. The van der Waals surface area contributed by atoms with E-state index in [1.807, 2.05) is 0 Å². The van der Waals surface area contributed by atoms with Crippen LogP contribution in [0, 0.1) is 11.8 Å². The molecule has 2 heterocycles. The van der Waals surface area contributed by atoms with Gasteiger partial charge in [-0.2, -0.15) is 0 Å². The molecule has 2 fully saturated rings. The maximum Gasteiger partial charge on any atom is 0.211 e. The van der Waals surface area contributed by atoms with Crippen LogP contribution < -0.4 is 0 Å². The van der Waals surface area contributed by atoms with E-state index in [4.69, 9.17) is 0 Å². The summed E-state index contributed by atoms with van der Waals surface area (Å²) in [5.41, 5.74) is 0. The Kier molecular flexibility index (Phi) is 5.45. The van der Waals surface area contributed by atoms with Gasteiger partial charge in [-0.25, -0.2) is 12.7 Å². The topological polar surface area (TPSA) is 60.9 Å². The first-order valence-corrected chi connectivity index (χ1v) is 9.60. The van der Waals surface area contributed by atoms with Crippen molar-refractivity contribution in [2.75, 3.05) is 39.0 Å². The first-order chi connectivity index (χ1) is 9.40. The minimum atomic E-state index is -3.05. The van der Waals surface area contributed by atoms with Crippen LogP contribution >= 0.6 is 0 Å². The van der Waals surface area contributed by atoms with Gasteiger partial charge in [0, 0.05) is 32.7 Å². The van der Waals surface area contributed by atoms with Crippen molar-refractivity contribution in [3.8, 4) is 0 Å². The van der Waals surface area contributed by atoms with E-state index in [9.17, 15) is 13.5 Å². The molecule has 1 N–H and O–H groups in total. The van der Waals surface area contributed by atoms with Gasteiger partial charge in [0.1, 0.15) is 0 Å². The van der Waals surface area contributed by atoms with Crippen molar-refractivity contribution in [2.45, 2.75) is 38.7 Å². The Morgan fingerprint density at radius 3 is 2.60 bits per heavy atom. The molecule has 2 aliphatic rings. The highest BCUT2D eigenvalue weighted by atomic mass is 32.2. The molecule has 0 bridgehead atoms. The van der Waals surface area contributed by atoms with E-state index in [1.165, 1.54) is 6.26 Å². The molecule has 5 nitrogen and oxygen atoms in total. The molecule has 0 aromatic rings. The Labute approximate surface area is 123 Å². The van der Waals surface area contributed by atoms with Crippen LogP contribution in [0.15, 0.2) is 0 Å². The Balaban J connectivity index is 1.87. The van der Waals surface area contributed by atoms with Crippen molar-refractivity contribution in [3.05, 3.63) is 0 Å². The average molecular weight is 304 g/mol. The summed E-state index contributed by atoms with van der Waals surface area (Å²) in [5, 5.41) is 9.93. The predicted octanol–water partition coefficient (Wildman–Crippen LogP) is 0.751. The van der Waals surface area contributed by atoms with Gasteiger partial charge in [0.05, 0.1) is 12.4 Å². The highest BCUT2D eigenvalue weighted by Crippen LogP contribution is 2.24. The fourth-order valence-corrected chi connectivity index (χ4v) is 4.45. The number of aliphatic hydroxyl groups is 1. The summed E-state index contributed by atoms with van der Waals surface area (Å²) < 4.78 is 24.9. The molecule has 2 aliphatic heterocycles. The van der Waals surface area contributed by atoms with E-state index >= 15 is 0 Å². The highest BCUT2D eigenvalue weighted by Gasteiger charge is 2.30. The van der Waals surface area contributed by atoms with E-state index in [0.717, 1.165) is 45.3 Å². The molecule has 0 saturated carbocycles. The number of nitrogens with zero attached hydrogens (tertiary/aromatic N) is 2. The zero-order chi connectivity index (χ0) is 14.8. The van der Waals surface area contributed by atoms with Gasteiger partial charge in [-0.15, -0.1) is 0 Å². The van der Waals surface area contributed by atoms with Gasteiger partial charge in [0.2, 0.25) is 10.0 Å². The SMILES string of the molecule is CCC1CN(CC2CCCN(S(C)(=O)=O)C2)CCC1O. The molecular weight excluding hydrogens is 276 g/mol. The maximum absolute atomic E-state index is 11.6. The van der Waals surface area contributed by atoms with E-state index in [2.05, 4.69) is 11.8 Å². The largest absolute Gasteiger partial charge is 0.393 e. The fourth-order valence-electron chi connectivity index (χ4n) is 3.50. The molecule has 2 saturated heterocycles. The van der Waals surface area contributed by atoms with Gasteiger partial charge in [0.25, 0.3) is 0 Å². The number of sulfonamides is 1. The molecular formula is C14H28N2O3S. The molecule has 20 heavy (non-hydrogen) atoms. The first kappa shape index (κ1) is 16.2. The normalized spacial score (nSPS) is 34.2. The van der Waals surface area contributed by atoms with Crippen LogP contribution in [0.3, 0.4) is 0 Å². The van der Waals surface area contributed by atoms with E-state index in [1.54, 1.807) is 4.31 Å². The lowest BCUT2D eigenvalue weighted by atomic mass is 9.91. The number of hydrogen-bond acceptors (Lipinski definition) is 4. The summed E-state index contributed by atoms with van der Waals surface area (Å²) in [5.74, 6) is 0.810. The van der Waals surface area contributed by atoms with E-state index in [-0.39, 0.29) is 6.10 Å². The minimum absolute atomic E-state index is 0.157. The van der Waals surface area contributed by atoms with E-state index in [0.29, 0.717) is 24.9 Å². The minimum Gasteiger partial charge on any atom is -0.393 e. The number of piperidine rings is 2. The number of rotatable bonds is 4. The number of hydrogen-bond donors (Lipinski definition) is 1. The lowest BCUT2D eigenvalue weighted by molar-refractivity contribution is 0.0165. The third-order valence-electron chi connectivity index (χ3n) is 4.77. The van der Waals surface area contributed by atoms with Crippen LogP contribution in [0.5, 0.6) is 0 Å². The van der Waals surface area contributed by atoms with Crippen LogP contribution in [0.25, 0.3) is 0 Å². The van der Waals surface area contributed by atoms with Crippen molar-refractivity contribution in [1.82, 2.24) is 9.21 Å². The molecule has 118 valence electrons. The molecule has 6 heteroatoms. The zero-order valence-electron chi connectivity index (χ0n) is 12.7. The van der Waals surface area contributed by atoms with Crippen LogP contribution in [0.2, 0.25) is 0 Å². The van der Waals surface area contributed by atoms with Gasteiger partial charge in [-0.1, -0.05) is 6.92 Å². The second-order valence-corrected chi connectivity index (χ2v) is 8.40. The van der Waals surface area contributed by atoms with Gasteiger partial charge < -0.3 is 10.0 Å². The standard InChI is InChI=1S/C14H28N2O3S/c1-3-13-11-15(8-6-14(13)17)9-12-5-4-7-16(10-12)20(2,18)19/h12-14,17H,3-11H2,1-2H3. The summed E-state index contributed by atoms with van der Waals surface area (Å²) in [6.07, 6.45) is 5.08. The van der Waals surface area contributed by atoms with Gasteiger partial charge >= 0.3 is 0 Å². The van der Waals surface area contributed by atoms with Gasteiger partial charge in [-0.05, 0) is 37.5 Å². The molecule has 3 unspecified atom stereocenters. The highest BCUT2D eigenvalue weighted by molar-refractivity contribution is 7.88. The smallest absolute Gasteiger partial charge is 0.211 e. The monoisotopic (exact) mass is 304 g/mol. The van der Waals surface area contributed by atoms with E-state index < -0.39 is 10.0 Å². The van der Waals surface area contributed by atoms with Crippen LogP contribution in [-0.4, -0.2) is 67.8 Å². The summed E-state index contributed by atoms with van der Waals surface area (Å²) in [6, 6.07) is 0. The van der Waals surface area contributed by atoms with Crippen LogP contribution in [0.4, 0.5) is 0 Å². The summed E-state index contributed by atoms with van der Waals surface area (Å²) in [7, 11) is -3.05. The van der Waals surface area contributed by atoms with Crippen molar-refractivity contribution >= 4 is 10.0 Å². The number of aliphatic hydroxyl groups excluding tert-OH is 1. The fraction of sp³-hybridized carbons (Fsp3) is 1.00. The summed E-state index contributed by atoms with van der Waals surface area (Å²) in [6.45, 7) is 6.32. The van der Waals surface area contributed by atoms with Gasteiger partial charge in [0.15, 0.2) is 0 Å². The van der Waals surface area contributed by atoms with Gasteiger partial charge in [-0.3, -0.25) is 0 Å². The third kappa shape index (κ3) is 4.16. The molecule has 0 aromatic carbocycles. The second kappa shape index (κ2) is 6.73. The third-order valence-corrected chi connectivity index (χ3v) is 6.04. The zero-order valence-corrected chi connectivity index (χ0v) is 13.5. The lowest BCUT2D eigenvalue weighted by Gasteiger charge is -2.39. The second-order valence-electron chi connectivity index (χ2n) is 6.41. The maximum atomic E-state index is 11.6. The summed E-state index contributed by atoms with van der Waals surface area (Å²) >= 11 is 0. The molecule has 0 aliphatic carbocycles.